The molecule has 1 aliphatic heterocycles. The summed E-state index contributed by atoms with van der Waals surface area (Å²) in [7, 11) is 0. The van der Waals surface area contributed by atoms with Crippen LogP contribution < -0.4 is 0 Å². The van der Waals surface area contributed by atoms with E-state index in [2.05, 4.69) is 36.3 Å². The Morgan fingerprint density at radius 1 is 1.28 bits per heavy atom. The molecule has 0 spiro atoms. The van der Waals surface area contributed by atoms with Crippen LogP contribution in [0.25, 0.3) is 0 Å². The first-order valence-corrected chi connectivity index (χ1v) is 6.63. The van der Waals surface area contributed by atoms with Crippen molar-refractivity contribution in [3.63, 3.8) is 0 Å². The topological polar surface area (TPSA) is 30.8 Å². The molecule has 0 saturated carbocycles. The summed E-state index contributed by atoms with van der Waals surface area (Å²) in [5, 5.41) is 4.19. The lowest BCUT2D eigenvalue weighted by Crippen LogP contribution is -2.37. The molecule has 0 bridgehead atoms. The van der Waals surface area contributed by atoms with Crippen molar-refractivity contribution in [1.29, 1.82) is 0 Å². The maximum absolute atomic E-state index is 5.71. The molecule has 0 N–H and O–H groups in total. The van der Waals surface area contributed by atoms with Crippen molar-refractivity contribution < 1.29 is 9.57 Å². The van der Waals surface area contributed by atoms with Gasteiger partial charge in [0.15, 0.2) is 5.60 Å². The standard InChI is InChI=1S/C15H21NO2/c1-3-14-11-15(18-16-14,12-17-4-2)10-13-8-6-5-7-9-13/h5-9H,3-4,10-12H2,1-2H3. The molecule has 1 aromatic carbocycles. The third-order valence-corrected chi connectivity index (χ3v) is 3.24. The Balaban J connectivity index is 2.07. The number of ether oxygens (including phenoxy) is 1. The lowest BCUT2D eigenvalue weighted by molar-refractivity contribution is -0.0763. The van der Waals surface area contributed by atoms with Gasteiger partial charge >= 0.3 is 0 Å². The number of nitrogens with zero attached hydrogens (tertiary/aromatic N) is 1. The number of hydrogen-bond acceptors (Lipinski definition) is 3. The number of hydrogen-bond donors (Lipinski definition) is 0. The molecule has 0 aliphatic carbocycles. The Bertz CT molecular complexity index is 402. The van der Waals surface area contributed by atoms with Crippen molar-refractivity contribution >= 4 is 5.71 Å². The smallest absolute Gasteiger partial charge is 0.170 e. The van der Waals surface area contributed by atoms with Crippen LogP contribution in [-0.2, 0) is 16.0 Å². The van der Waals surface area contributed by atoms with Crippen molar-refractivity contribution in [3.05, 3.63) is 35.9 Å². The van der Waals surface area contributed by atoms with Crippen molar-refractivity contribution in [2.24, 2.45) is 5.16 Å². The normalized spacial score (nSPS) is 22.7. The molecule has 0 radical (unpaired) electrons. The first-order chi connectivity index (χ1) is 8.78. The number of rotatable bonds is 6. The second-order valence-electron chi connectivity index (χ2n) is 4.76. The van der Waals surface area contributed by atoms with E-state index in [-0.39, 0.29) is 5.60 Å². The van der Waals surface area contributed by atoms with Crippen LogP contribution in [0.3, 0.4) is 0 Å². The van der Waals surface area contributed by atoms with Gasteiger partial charge in [-0.15, -0.1) is 0 Å². The highest BCUT2D eigenvalue weighted by Crippen LogP contribution is 2.29. The minimum absolute atomic E-state index is 0.303. The van der Waals surface area contributed by atoms with Gasteiger partial charge in [-0.05, 0) is 18.9 Å². The summed E-state index contributed by atoms with van der Waals surface area (Å²) in [6.45, 7) is 5.43. The Kier molecular flexibility index (Phi) is 4.37. The molecule has 3 heteroatoms. The van der Waals surface area contributed by atoms with Crippen molar-refractivity contribution in [2.45, 2.75) is 38.7 Å². The lowest BCUT2D eigenvalue weighted by Gasteiger charge is -2.26. The van der Waals surface area contributed by atoms with Crippen LogP contribution in [0.5, 0.6) is 0 Å². The molecule has 0 fully saturated rings. The summed E-state index contributed by atoms with van der Waals surface area (Å²) in [6.07, 6.45) is 2.67. The van der Waals surface area contributed by atoms with Crippen LogP contribution >= 0.6 is 0 Å². The van der Waals surface area contributed by atoms with Crippen LogP contribution in [0.1, 0.15) is 32.3 Å². The van der Waals surface area contributed by atoms with Crippen molar-refractivity contribution in [3.8, 4) is 0 Å². The van der Waals surface area contributed by atoms with E-state index < -0.39 is 0 Å². The molecule has 1 heterocycles. The molecule has 1 aliphatic rings. The van der Waals surface area contributed by atoms with Crippen LogP contribution in [0.4, 0.5) is 0 Å². The van der Waals surface area contributed by atoms with E-state index in [1.54, 1.807) is 0 Å². The van der Waals surface area contributed by atoms with Crippen molar-refractivity contribution in [2.75, 3.05) is 13.2 Å². The zero-order valence-corrected chi connectivity index (χ0v) is 11.2. The largest absolute Gasteiger partial charge is 0.386 e. The van der Waals surface area contributed by atoms with E-state index in [1.807, 2.05) is 13.0 Å². The average molecular weight is 247 g/mol. The van der Waals surface area contributed by atoms with E-state index in [1.165, 1.54) is 5.56 Å². The monoisotopic (exact) mass is 247 g/mol. The Labute approximate surface area is 109 Å². The SMILES string of the molecule is CCOCC1(Cc2ccccc2)CC(CC)=NO1. The first kappa shape index (κ1) is 13.1. The molecule has 1 atom stereocenters. The molecule has 0 aromatic heterocycles. The van der Waals surface area contributed by atoms with Crippen LogP contribution in [0, 0.1) is 0 Å². The van der Waals surface area contributed by atoms with Gasteiger partial charge in [-0.25, -0.2) is 0 Å². The van der Waals surface area contributed by atoms with Gasteiger partial charge in [0.2, 0.25) is 0 Å². The number of benzene rings is 1. The fourth-order valence-electron chi connectivity index (χ4n) is 2.27. The van der Waals surface area contributed by atoms with E-state index in [4.69, 9.17) is 9.57 Å². The van der Waals surface area contributed by atoms with Gasteiger partial charge in [0.25, 0.3) is 0 Å². The second kappa shape index (κ2) is 6.01. The van der Waals surface area contributed by atoms with Gasteiger partial charge in [-0.1, -0.05) is 42.4 Å². The minimum atomic E-state index is -0.303. The highest BCUT2D eigenvalue weighted by molar-refractivity contribution is 5.85. The predicted octanol–water partition coefficient (Wildman–Crippen LogP) is 3.19. The zero-order chi connectivity index (χ0) is 12.8. The summed E-state index contributed by atoms with van der Waals surface area (Å²) in [4.78, 5) is 5.71. The quantitative estimate of drug-likeness (QED) is 0.773. The van der Waals surface area contributed by atoms with Crippen molar-refractivity contribution in [1.82, 2.24) is 0 Å². The molecule has 18 heavy (non-hydrogen) atoms. The van der Waals surface area contributed by atoms with Crippen LogP contribution in [0.15, 0.2) is 35.5 Å². The summed E-state index contributed by atoms with van der Waals surface area (Å²) in [6, 6.07) is 10.4. The summed E-state index contributed by atoms with van der Waals surface area (Å²) < 4.78 is 5.59. The predicted molar refractivity (Wildman–Crippen MR) is 72.8 cm³/mol. The molecular formula is C15H21NO2. The van der Waals surface area contributed by atoms with Gasteiger partial charge in [0, 0.05) is 19.4 Å². The second-order valence-corrected chi connectivity index (χ2v) is 4.76. The fourth-order valence-corrected chi connectivity index (χ4v) is 2.27. The Hall–Kier alpha value is -1.35. The maximum atomic E-state index is 5.71. The lowest BCUT2D eigenvalue weighted by atomic mass is 9.90. The third-order valence-electron chi connectivity index (χ3n) is 3.24. The Morgan fingerprint density at radius 3 is 2.67 bits per heavy atom. The van der Waals surface area contributed by atoms with E-state index >= 15 is 0 Å². The van der Waals surface area contributed by atoms with E-state index in [0.717, 1.165) is 25.0 Å². The first-order valence-electron chi connectivity index (χ1n) is 6.63. The Morgan fingerprint density at radius 2 is 2.06 bits per heavy atom. The van der Waals surface area contributed by atoms with Crippen LogP contribution in [0.2, 0.25) is 0 Å². The number of oxime groups is 1. The average Bonchev–Trinajstić information content (AvgIpc) is 2.81. The fraction of sp³-hybridized carbons (Fsp3) is 0.533. The summed E-state index contributed by atoms with van der Waals surface area (Å²) >= 11 is 0. The van der Waals surface area contributed by atoms with Gasteiger partial charge in [0.1, 0.15) is 0 Å². The zero-order valence-electron chi connectivity index (χ0n) is 11.2. The molecule has 98 valence electrons. The van der Waals surface area contributed by atoms with E-state index in [0.29, 0.717) is 13.2 Å². The molecule has 1 unspecified atom stereocenters. The molecule has 3 nitrogen and oxygen atoms in total. The summed E-state index contributed by atoms with van der Waals surface area (Å²) in [5.41, 5.74) is 2.10. The maximum Gasteiger partial charge on any atom is 0.170 e. The van der Waals surface area contributed by atoms with Gasteiger partial charge < -0.3 is 9.57 Å². The molecular weight excluding hydrogens is 226 g/mol. The third kappa shape index (κ3) is 3.10. The molecule has 2 rings (SSSR count). The molecule has 0 amide bonds. The summed E-state index contributed by atoms with van der Waals surface area (Å²) in [5.74, 6) is 0. The van der Waals surface area contributed by atoms with Gasteiger partial charge in [-0.2, -0.15) is 0 Å². The van der Waals surface area contributed by atoms with Gasteiger partial charge in [-0.3, -0.25) is 0 Å². The van der Waals surface area contributed by atoms with E-state index in [9.17, 15) is 0 Å². The molecule has 1 aromatic rings. The highest BCUT2D eigenvalue weighted by atomic mass is 16.7. The molecule has 0 saturated heterocycles. The highest BCUT2D eigenvalue weighted by Gasteiger charge is 2.39. The minimum Gasteiger partial charge on any atom is -0.386 e. The van der Waals surface area contributed by atoms with Crippen LogP contribution in [-0.4, -0.2) is 24.5 Å². The van der Waals surface area contributed by atoms with Gasteiger partial charge in [0.05, 0.1) is 12.3 Å².